The maximum absolute atomic E-state index is 4.87. The second kappa shape index (κ2) is 6.05. The number of allylic oxidation sites excluding steroid dienone is 6. The lowest BCUT2D eigenvalue weighted by molar-refractivity contribution is 0.343. The van der Waals surface area contributed by atoms with Crippen molar-refractivity contribution >= 4 is 5.84 Å². The van der Waals surface area contributed by atoms with Crippen molar-refractivity contribution in [2.75, 3.05) is 6.54 Å². The average Bonchev–Trinajstić information content (AvgIpc) is 2.29. The summed E-state index contributed by atoms with van der Waals surface area (Å²) in [5.41, 5.74) is 2.69. The van der Waals surface area contributed by atoms with E-state index >= 15 is 0 Å². The summed E-state index contributed by atoms with van der Waals surface area (Å²) in [6.07, 6.45) is 13.9. The van der Waals surface area contributed by atoms with Crippen LogP contribution in [0.4, 0.5) is 0 Å². The number of rotatable bonds is 2. The van der Waals surface area contributed by atoms with E-state index in [1.165, 1.54) is 11.1 Å². The molecule has 0 spiro atoms. The third-order valence-corrected chi connectivity index (χ3v) is 3.38. The molecule has 0 unspecified atom stereocenters. The van der Waals surface area contributed by atoms with E-state index in [-0.39, 0.29) is 0 Å². The molecule has 2 aliphatic rings. The van der Waals surface area contributed by atoms with Gasteiger partial charge >= 0.3 is 0 Å². The van der Waals surface area contributed by atoms with E-state index in [0.717, 1.165) is 18.8 Å². The highest BCUT2D eigenvalue weighted by Gasteiger charge is 2.26. The number of likely N-dealkylation sites (tertiary alicyclic amines) is 1. The summed E-state index contributed by atoms with van der Waals surface area (Å²) in [6, 6.07) is 0.811. The Kier molecular flexibility index (Phi) is 4.41. The summed E-state index contributed by atoms with van der Waals surface area (Å²) in [5.74, 6) is 1.16. The first kappa shape index (κ1) is 13.9. The van der Waals surface area contributed by atoms with Crippen LogP contribution in [0.25, 0.3) is 0 Å². The predicted molar refractivity (Wildman–Crippen MR) is 83.5 cm³/mol. The van der Waals surface area contributed by atoms with Gasteiger partial charge in [0.05, 0.1) is 0 Å². The molecule has 19 heavy (non-hydrogen) atoms. The van der Waals surface area contributed by atoms with E-state index in [2.05, 4.69) is 69.1 Å². The molecule has 0 bridgehead atoms. The van der Waals surface area contributed by atoms with Gasteiger partial charge in [0.1, 0.15) is 5.84 Å². The van der Waals surface area contributed by atoms with E-state index < -0.39 is 0 Å². The fourth-order valence-electron chi connectivity index (χ4n) is 2.48. The van der Waals surface area contributed by atoms with Gasteiger partial charge in [0.25, 0.3) is 0 Å². The van der Waals surface area contributed by atoms with Gasteiger partial charge in [-0.1, -0.05) is 36.5 Å². The van der Waals surface area contributed by atoms with Crippen LogP contribution in [0.1, 0.15) is 34.1 Å². The highest BCUT2D eigenvalue weighted by molar-refractivity contribution is 6.03. The van der Waals surface area contributed by atoms with Crippen LogP contribution in [-0.4, -0.2) is 29.4 Å². The first-order valence-electron chi connectivity index (χ1n) is 7.19. The Labute approximate surface area is 116 Å². The van der Waals surface area contributed by atoms with E-state index in [1.807, 2.05) is 0 Å². The minimum atomic E-state index is 0.321. The SMILES string of the molecule is CC(C)N=C1C2=C/C=C\C=C/C=C\2CCN1C(C)C. The molecule has 1 aliphatic carbocycles. The minimum Gasteiger partial charge on any atom is -0.354 e. The lowest BCUT2D eigenvalue weighted by Crippen LogP contribution is -2.43. The lowest BCUT2D eigenvalue weighted by Gasteiger charge is -2.37. The summed E-state index contributed by atoms with van der Waals surface area (Å²) in [4.78, 5) is 7.29. The summed E-state index contributed by atoms with van der Waals surface area (Å²) in [7, 11) is 0. The Bertz CT molecular complexity index is 473. The molecule has 1 heterocycles. The fourth-order valence-corrected chi connectivity index (χ4v) is 2.48. The first-order valence-corrected chi connectivity index (χ1v) is 7.19. The largest absolute Gasteiger partial charge is 0.354 e. The van der Waals surface area contributed by atoms with Gasteiger partial charge in [-0.3, -0.25) is 4.99 Å². The third-order valence-electron chi connectivity index (χ3n) is 3.38. The van der Waals surface area contributed by atoms with Crippen molar-refractivity contribution in [1.29, 1.82) is 0 Å². The van der Waals surface area contributed by atoms with E-state index in [0.29, 0.717) is 12.1 Å². The molecule has 0 aromatic rings. The zero-order valence-corrected chi connectivity index (χ0v) is 12.4. The van der Waals surface area contributed by atoms with Crippen LogP contribution in [0.5, 0.6) is 0 Å². The predicted octanol–water partition coefficient (Wildman–Crippen LogP) is 3.89. The van der Waals surface area contributed by atoms with Crippen LogP contribution in [0.2, 0.25) is 0 Å². The molecule has 0 atom stereocenters. The quantitative estimate of drug-likeness (QED) is 0.732. The third kappa shape index (κ3) is 3.25. The Balaban J connectivity index is 2.45. The highest BCUT2D eigenvalue weighted by atomic mass is 15.2. The summed E-state index contributed by atoms with van der Waals surface area (Å²) >= 11 is 0. The summed E-state index contributed by atoms with van der Waals surface area (Å²) in [6.45, 7) is 9.82. The lowest BCUT2D eigenvalue weighted by atomic mass is 9.93. The summed E-state index contributed by atoms with van der Waals surface area (Å²) < 4.78 is 0. The molecule has 2 rings (SSSR count). The first-order chi connectivity index (χ1) is 9.09. The molecule has 1 saturated heterocycles. The van der Waals surface area contributed by atoms with Crippen molar-refractivity contribution < 1.29 is 0 Å². The topological polar surface area (TPSA) is 15.6 Å². The Morgan fingerprint density at radius 2 is 1.68 bits per heavy atom. The Morgan fingerprint density at radius 1 is 1.00 bits per heavy atom. The average molecular weight is 256 g/mol. The zero-order valence-electron chi connectivity index (χ0n) is 12.4. The van der Waals surface area contributed by atoms with Crippen molar-refractivity contribution in [2.45, 2.75) is 46.2 Å². The van der Waals surface area contributed by atoms with Gasteiger partial charge in [0.2, 0.25) is 0 Å². The highest BCUT2D eigenvalue weighted by Crippen LogP contribution is 2.27. The smallest absolute Gasteiger partial charge is 0.131 e. The van der Waals surface area contributed by atoms with Crippen molar-refractivity contribution in [2.24, 2.45) is 4.99 Å². The zero-order chi connectivity index (χ0) is 13.8. The second-order valence-electron chi connectivity index (χ2n) is 5.63. The van der Waals surface area contributed by atoms with Crippen LogP contribution in [0.3, 0.4) is 0 Å². The van der Waals surface area contributed by atoms with Crippen LogP contribution in [0.15, 0.2) is 52.6 Å². The number of nitrogens with zero attached hydrogens (tertiary/aromatic N) is 2. The molecule has 1 aliphatic heterocycles. The number of fused-ring (bicyclic) bond motifs is 1. The molecule has 102 valence electrons. The Hall–Kier alpha value is -1.57. The van der Waals surface area contributed by atoms with Crippen LogP contribution < -0.4 is 0 Å². The van der Waals surface area contributed by atoms with E-state index in [4.69, 9.17) is 4.99 Å². The molecular formula is C17H24N2. The van der Waals surface area contributed by atoms with Crippen molar-refractivity contribution in [3.63, 3.8) is 0 Å². The van der Waals surface area contributed by atoms with Gasteiger partial charge in [-0.15, -0.1) is 0 Å². The van der Waals surface area contributed by atoms with Crippen LogP contribution in [-0.2, 0) is 0 Å². The molecule has 0 N–H and O–H groups in total. The molecule has 1 fully saturated rings. The van der Waals surface area contributed by atoms with Crippen molar-refractivity contribution in [1.82, 2.24) is 4.90 Å². The number of amidine groups is 1. The number of hydrogen-bond donors (Lipinski definition) is 0. The standard InChI is InChI=1S/C17H24N2/c1-13(2)18-17-16-10-8-6-5-7-9-15(16)11-12-19(17)14(3)4/h5-10,13-14H,11-12H2,1-4H3/b6-5?,7-5-,8-6-,9-7?,10-8?,15-9-,16-10+,18-17?. The van der Waals surface area contributed by atoms with Crippen LogP contribution in [0, 0.1) is 0 Å². The molecule has 0 aromatic carbocycles. The van der Waals surface area contributed by atoms with E-state index in [9.17, 15) is 0 Å². The molecule has 0 saturated carbocycles. The molecule has 0 radical (unpaired) electrons. The van der Waals surface area contributed by atoms with Gasteiger partial charge in [-0.05, 0) is 39.7 Å². The summed E-state index contributed by atoms with van der Waals surface area (Å²) in [5, 5.41) is 0. The fraction of sp³-hybridized carbons (Fsp3) is 0.471. The van der Waals surface area contributed by atoms with E-state index in [1.54, 1.807) is 0 Å². The normalized spacial score (nSPS) is 30.2. The molecular weight excluding hydrogens is 232 g/mol. The Morgan fingerprint density at radius 3 is 2.32 bits per heavy atom. The van der Waals surface area contributed by atoms with Gasteiger partial charge in [0.15, 0.2) is 0 Å². The number of hydrogen-bond acceptors (Lipinski definition) is 1. The van der Waals surface area contributed by atoms with Gasteiger partial charge in [-0.25, -0.2) is 0 Å². The molecule has 0 aromatic heterocycles. The number of piperidine rings is 1. The maximum atomic E-state index is 4.87. The minimum absolute atomic E-state index is 0.321. The van der Waals surface area contributed by atoms with Crippen molar-refractivity contribution in [3.8, 4) is 0 Å². The number of aliphatic imine (C=N–C) groups is 1. The van der Waals surface area contributed by atoms with Crippen molar-refractivity contribution in [3.05, 3.63) is 47.6 Å². The van der Waals surface area contributed by atoms with Gasteiger partial charge in [-0.2, -0.15) is 0 Å². The second-order valence-corrected chi connectivity index (χ2v) is 5.63. The van der Waals surface area contributed by atoms with Gasteiger partial charge < -0.3 is 4.90 Å². The molecule has 2 nitrogen and oxygen atoms in total. The molecule has 2 heteroatoms. The van der Waals surface area contributed by atoms with Gasteiger partial charge in [0, 0.05) is 24.2 Å². The maximum Gasteiger partial charge on any atom is 0.131 e. The molecule has 0 amide bonds. The van der Waals surface area contributed by atoms with Crippen LogP contribution >= 0.6 is 0 Å². The monoisotopic (exact) mass is 256 g/mol.